The van der Waals surface area contributed by atoms with E-state index in [0.717, 1.165) is 76.5 Å². The van der Waals surface area contributed by atoms with E-state index in [1.807, 2.05) is 12.4 Å². The molecule has 0 atom stereocenters. The highest BCUT2D eigenvalue weighted by Crippen LogP contribution is 2.33. The smallest absolute Gasteiger partial charge is 0.0808 e. The molecule has 4 heterocycles. The number of aromatic nitrogens is 3. The first-order valence-corrected chi connectivity index (χ1v) is 10.1. The summed E-state index contributed by atoms with van der Waals surface area (Å²) in [6.45, 7) is 6.94. The van der Waals surface area contributed by atoms with Crippen molar-refractivity contribution in [2.45, 2.75) is 25.3 Å². The Kier molecular flexibility index (Phi) is 4.78. The number of hydrogen-bond donors (Lipinski definition) is 1. The summed E-state index contributed by atoms with van der Waals surface area (Å²) in [5, 5.41) is 8.08. The SMILES string of the molecule is C1=C(CN2CCOCC2)Cc2ccnc(-c3cnn(C4CCNCC4)c3)c21. The molecule has 1 N–H and O–H groups in total. The zero-order valence-corrected chi connectivity index (χ0v) is 15.7. The van der Waals surface area contributed by atoms with Crippen molar-refractivity contribution in [3.8, 4) is 11.3 Å². The number of piperidine rings is 1. The van der Waals surface area contributed by atoms with Crippen LogP contribution in [0.5, 0.6) is 0 Å². The minimum Gasteiger partial charge on any atom is -0.379 e. The molecule has 0 bridgehead atoms. The van der Waals surface area contributed by atoms with Crippen LogP contribution in [0.1, 0.15) is 30.0 Å². The van der Waals surface area contributed by atoms with E-state index in [2.05, 4.69) is 38.3 Å². The van der Waals surface area contributed by atoms with Gasteiger partial charge in [-0.25, -0.2) is 0 Å². The van der Waals surface area contributed by atoms with E-state index in [1.54, 1.807) is 0 Å². The third-order valence-electron chi connectivity index (χ3n) is 5.93. The average Bonchev–Trinajstić information content (AvgIpc) is 3.36. The van der Waals surface area contributed by atoms with Crippen molar-refractivity contribution in [2.24, 2.45) is 0 Å². The van der Waals surface area contributed by atoms with Crippen LogP contribution in [-0.4, -0.2) is 65.6 Å². The van der Waals surface area contributed by atoms with Gasteiger partial charge in [-0.05, 0) is 44.0 Å². The largest absolute Gasteiger partial charge is 0.379 e. The third kappa shape index (κ3) is 3.57. The molecule has 0 radical (unpaired) electrons. The molecule has 2 saturated heterocycles. The first-order valence-electron chi connectivity index (χ1n) is 10.1. The van der Waals surface area contributed by atoms with Crippen LogP contribution in [0, 0.1) is 0 Å². The van der Waals surface area contributed by atoms with Gasteiger partial charge in [-0.15, -0.1) is 0 Å². The molecule has 5 rings (SSSR count). The lowest BCUT2D eigenvalue weighted by molar-refractivity contribution is 0.0422. The second-order valence-electron chi connectivity index (χ2n) is 7.79. The number of fused-ring (bicyclic) bond motifs is 1. The van der Waals surface area contributed by atoms with Crippen molar-refractivity contribution < 1.29 is 4.74 Å². The molecular formula is C21H27N5O. The van der Waals surface area contributed by atoms with Gasteiger partial charge in [0.05, 0.1) is 31.1 Å². The van der Waals surface area contributed by atoms with Crippen LogP contribution in [0.15, 0.2) is 30.2 Å². The Hall–Kier alpha value is -2.02. The predicted molar refractivity (Wildman–Crippen MR) is 106 cm³/mol. The molecule has 2 aromatic heterocycles. The molecule has 0 amide bonds. The average molecular weight is 365 g/mol. The monoisotopic (exact) mass is 365 g/mol. The van der Waals surface area contributed by atoms with Gasteiger partial charge in [0.15, 0.2) is 0 Å². The Labute approximate surface area is 160 Å². The van der Waals surface area contributed by atoms with Crippen LogP contribution >= 0.6 is 0 Å². The maximum absolute atomic E-state index is 5.47. The van der Waals surface area contributed by atoms with Gasteiger partial charge >= 0.3 is 0 Å². The molecule has 3 aliphatic rings. The maximum Gasteiger partial charge on any atom is 0.0808 e. The fraction of sp³-hybridized carbons (Fsp3) is 0.524. The summed E-state index contributed by atoms with van der Waals surface area (Å²) in [5.41, 5.74) is 6.36. The lowest BCUT2D eigenvalue weighted by Gasteiger charge is -2.26. The molecule has 0 spiro atoms. The van der Waals surface area contributed by atoms with Gasteiger partial charge in [-0.1, -0.05) is 11.6 Å². The number of pyridine rings is 1. The van der Waals surface area contributed by atoms with Crippen molar-refractivity contribution in [2.75, 3.05) is 45.9 Å². The molecule has 1 aliphatic carbocycles. The number of nitrogens with zero attached hydrogens (tertiary/aromatic N) is 4. The van der Waals surface area contributed by atoms with Gasteiger partial charge in [-0.3, -0.25) is 14.6 Å². The van der Waals surface area contributed by atoms with Crippen LogP contribution in [0.4, 0.5) is 0 Å². The summed E-state index contributed by atoms with van der Waals surface area (Å²) in [6, 6.07) is 2.67. The summed E-state index contributed by atoms with van der Waals surface area (Å²) in [6.07, 6.45) is 11.8. The van der Waals surface area contributed by atoms with Gasteiger partial charge in [0.25, 0.3) is 0 Å². The van der Waals surface area contributed by atoms with E-state index >= 15 is 0 Å². The molecule has 0 unspecified atom stereocenters. The number of rotatable bonds is 4. The molecule has 0 saturated carbocycles. The van der Waals surface area contributed by atoms with Gasteiger partial charge in [0, 0.05) is 43.2 Å². The zero-order valence-electron chi connectivity index (χ0n) is 15.7. The molecular weight excluding hydrogens is 338 g/mol. The van der Waals surface area contributed by atoms with E-state index in [1.165, 1.54) is 16.7 Å². The summed E-state index contributed by atoms with van der Waals surface area (Å²) in [7, 11) is 0. The number of morpholine rings is 1. The van der Waals surface area contributed by atoms with Crippen molar-refractivity contribution in [1.82, 2.24) is 25.0 Å². The maximum atomic E-state index is 5.47. The van der Waals surface area contributed by atoms with Crippen LogP contribution in [-0.2, 0) is 11.2 Å². The quantitative estimate of drug-likeness (QED) is 0.900. The van der Waals surface area contributed by atoms with Crippen LogP contribution in [0.3, 0.4) is 0 Å². The minimum atomic E-state index is 0.504. The second kappa shape index (κ2) is 7.54. The first kappa shape index (κ1) is 17.1. The Morgan fingerprint density at radius 2 is 2.04 bits per heavy atom. The van der Waals surface area contributed by atoms with E-state index in [9.17, 15) is 0 Å². The van der Waals surface area contributed by atoms with E-state index in [4.69, 9.17) is 9.72 Å². The van der Waals surface area contributed by atoms with Crippen LogP contribution < -0.4 is 5.32 Å². The van der Waals surface area contributed by atoms with Crippen LogP contribution in [0.2, 0.25) is 0 Å². The van der Waals surface area contributed by atoms with Crippen molar-refractivity contribution >= 4 is 6.08 Å². The molecule has 0 aromatic carbocycles. The van der Waals surface area contributed by atoms with Gasteiger partial charge in [0.1, 0.15) is 0 Å². The third-order valence-corrected chi connectivity index (χ3v) is 5.93. The molecule has 27 heavy (non-hydrogen) atoms. The van der Waals surface area contributed by atoms with Crippen molar-refractivity contribution in [3.63, 3.8) is 0 Å². The Morgan fingerprint density at radius 1 is 1.19 bits per heavy atom. The molecule has 2 aromatic rings. The molecule has 2 aliphatic heterocycles. The fourth-order valence-electron chi connectivity index (χ4n) is 4.44. The topological polar surface area (TPSA) is 55.2 Å². The minimum absolute atomic E-state index is 0.504. The summed E-state index contributed by atoms with van der Waals surface area (Å²) >= 11 is 0. The number of ether oxygens (including phenoxy) is 1. The number of nitrogens with one attached hydrogen (secondary N) is 1. The van der Waals surface area contributed by atoms with Gasteiger partial charge < -0.3 is 10.1 Å². The summed E-state index contributed by atoms with van der Waals surface area (Å²) < 4.78 is 7.61. The summed E-state index contributed by atoms with van der Waals surface area (Å²) in [4.78, 5) is 7.21. The van der Waals surface area contributed by atoms with Gasteiger partial charge in [-0.2, -0.15) is 5.10 Å². The summed E-state index contributed by atoms with van der Waals surface area (Å²) in [5.74, 6) is 0. The lowest BCUT2D eigenvalue weighted by Crippen LogP contribution is -2.37. The van der Waals surface area contributed by atoms with E-state index < -0.39 is 0 Å². The standard InChI is InChI=1S/C21H27N5O/c1-6-23-21(18-13-24-26(15-18)19-2-4-22-5-3-19)20-12-16(11-17(1)20)14-25-7-9-27-10-8-25/h1,6,12-13,15,19,22H,2-5,7-11,14H2. The predicted octanol–water partition coefficient (Wildman–Crippen LogP) is 2.14. The normalized spacial score (nSPS) is 21.3. The van der Waals surface area contributed by atoms with Crippen molar-refractivity contribution in [3.05, 3.63) is 41.4 Å². The van der Waals surface area contributed by atoms with E-state index in [0.29, 0.717) is 6.04 Å². The van der Waals surface area contributed by atoms with Crippen LogP contribution in [0.25, 0.3) is 17.3 Å². The molecule has 6 heteroatoms. The highest BCUT2D eigenvalue weighted by molar-refractivity contribution is 5.77. The molecule has 2 fully saturated rings. The Balaban J connectivity index is 1.37. The number of hydrogen-bond acceptors (Lipinski definition) is 5. The second-order valence-corrected chi connectivity index (χ2v) is 7.79. The zero-order chi connectivity index (χ0) is 18.1. The van der Waals surface area contributed by atoms with Gasteiger partial charge in [0.2, 0.25) is 0 Å². The molecule has 6 nitrogen and oxygen atoms in total. The first-order chi connectivity index (χ1) is 13.4. The highest BCUT2D eigenvalue weighted by Gasteiger charge is 2.22. The van der Waals surface area contributed by atoms with Crippen molar-refractivity contribution in [1.29, 1.82) is 0 Å². The fourth-order valence-corrected chi connectivity index (χ4v) is 4.44. The Bertz CT molecular complexity index is 831. The van der Waals surface area contributed by atoms with E-state index in [-0.39, 0.29) is 0 Å². The Morgan fingerprint density at radius 3 is 2.89 bits per heavy atom. The molecule has 142 valence electrons. The highest BCUT2D eigenvalue weighted by atomic mass is 16.5. The lowest BCUT2D eigenvalue weighted by atomic mass is 10.1.